The largest absolute Gasteiger partial charge is 0.370 e. The van der Waals surface area contributed by atoms with Gasteiger partial charge in [-0.15, -0.1) is 0 Å². The first-order valence-electron chi connectivity index (χ1n) is 8.91. The summed E-state index contributed by atoms with van der Waals surface area (Å²) in [6.45, 7) is 2.29. The van der Waals surface area contributed by atoms with Crippen molar-refractivity contribution in [1.29, 1.82) is 0 Å². The van der Waals surface area contributed by atoms with E-state index < -0.39 is 5.91 Å². The van der Waals surface area contributed by atoms with Crippen molar-refractivity contribution in [3.63, 3.8) is 0 Å². The summed E-state index contributed by atoms with van der Waals surface area (Å²) < 4.78 is 1.96. The van der Waals surface area contributed by atoms with Gasteiger partial charge in [-0.05, 0) is 36.8 Å². The van der Waals surface area contributed by atoms with Gasteiger partial charge in [0.2, 0.25) is 11.8 Å². The van der Waals surface area contributed by atoms with Crippen molar-refractivity contribution in [3.8, 4) is 5.69 Å². The van der Waals surface area contributed by atoms with Crippen molar-refractivity contribution < 1.29 is 9.59 Å². The van der Waals surface area contributed by atoms with Crippen LogP contribution < -0.4 is 10.6 Å². The average molecular weight is 395 g/mol. The number of primary amides is 1. The number of amides is 2. The number of thioether (sulfide) groups is 1. The lowest BCUT2D eigenvalue weighted by Crippen LogP contribution is -2.35. The highest BCUT2D eigenvalue weighted by Crippen LogP contribution is 2.23. The summed E-state index contributed by atoms with van der Waals surface area (Å²) in [6, 6.07) is 17.4. The number of aryl methyl sites for hydroxylation is 1. The molecule has 3 rings (SSSR count). The van der Waals surface area contributed by atoms with Gasteiger partial charge in [0.15, 0.2) is 5.16 Å². The van der Waals surface area contributed by atoms with Crippen molar-refractivity contribution in [3.05, 3.63) is 72.6 Å². The molecule has 0 saturated heterocycles. The summed E-state index contributed by atoms with van der Waals surface area (Å²) >= 11 is 1.36. The normalized spacial score (nSPS) is 10.6. The number of anilines is 1. The minimum atomic E-state index is -0.434. The maximum atomic E-state index is 12.9. The van der Waals surface area contributed by atoms with E-state index in [1.807, 2.05) is 66.2 Å². The molecule has 1 heterocycles. The zero-order valence-corrected chi connectivity index (χ0v) is 16.4. The number of hydrogen-bond acceptors (Lipinski definition) is 4. The summed E-state index contributed by atoms with van der Waals surface area (Å²) in [5, 5.41) is 0.738. The third-order valence-electron chi connectivity index (χ3n) is 4.16. The molecule has 0 aliphatic rings. The van der Waals surface area contributed by atoms with E-state index >= 15 is 0 Å². The maximum Gasteiger partial charge on any atom is 0.237 e. The lowest BCUT2D eigenvalue weighted by atomic mass is 10.2. The number of hydrogen-bond donors (Lipinski definition) is 1. The Morgan fingerprint density at radius 3 is 2.64 bits per heavy atom. The number of rotatable bonds is 8. The lowest BCUT2D eigenvalue weighted by molar-refractivity contribution is -0.118. The van der Waals surface area contributed by atoms with Crippen LogP contribution in [-0.2, 0) is 9.59 Å². The first-order valence-corrected chi connectivity index (χ1v) is 9.90. The molecule has 28 heavy (non-hydrogen) atoms. The number of carbonyl (C=O) groups is 2. The molecule has 0 unspecified atom stereocenters. The lowest BCUT2D eigenvalue weighted by Gasteiger charge is -2.22. The average Bonchev–Trinajstić information content (AvgIpc) is 3.16. The summed E-state index contributed by atoms with van der Waals surface area (Å²) in [6.07, 6.45) is 3.71. The molecular weight excluding hydrogens is 372 g/mol. The molecule has 144 valence electrons. The number of aromatic nitrogens is 2. The Balaban J connectivity index is 1.73. The highest BCUT2D eigenvalue weighted by atomic mass is 32.2. The molecule has 2 aromatic carbocycles. The molecule has 0 atom stereocenters. The minimum absolute atomic E-state index is 0.101. The van der Waals surface area contributed by atoms with Gasteiger partial charge >= 0.3 is 0 Å². The molecule has 0 spiro atoms. The Kier molecular flexibility index (Phi) is 6.49. The monoisotopic (exact) mass is 394 g/mol. The zero-order chi connectivity index (χ0) is 19.9. The van der Waals surface area contributed by atoms with Crippen molar-refractivity contribution >= 4 is 29.3 Å². The molecule has 0 fully saturated rings. The molecule has 7 heteroatoms. The van der Waals surface area contributed by atoms with Gasteiger partial charge in [0.1, 0.15) is 0 Å². The highest BCUT2D eigenvalue weighted by Gasteiger charge is 2.18. The van der Waals surface area contributed by atoms with Gasteiger partial charge in [-0.2, -0.15) is 0 Å². The van der Waals surface area contributed by atoms with Gasteiger partial charge in [-0.1, -0.05) is 42.1 Å². The smallest absolute Gasteiger partial charge is 0.237 e. The van der Waals surface area contributed by atoms with E-state index in [0.29, 0.717) is 0 Å². The molecular formula is C21H22N4O2S. The van der Waals surface area contributed by atoms with E-state index in [-0.39, 0.29) is 24.6 Å². The van der Waals surface area contributed by atoms with Gasteiger partial charge in [0.05, 0.1) is 5.75 Å². The van der Waals surface area contributed by atoms with Crippen LogP contribution in [0, 0.1) is 6.92 Å². The highest BCUT2D eigenvalue weighted by molar-refractivity contribution is 7.99. The van der Waals surface area contributed by atoms with Crippen LogP contribution in [0.25, 0.3) is 5.69 Å². The Morgan fingerprint density at radius 1 is 1.14 bits per heavy atom. The van der Waals surface area contributed by atoms with E-state index in [0.717, 1.165) is 22.1 Å². The van der Waals surface area contributed by atoms with Crippen molar-refractivity contribution in [2.24, 2.45) is 5.73 Å². The third kappa shape index (κ3) is 5.01. The molecule has 2 N–H and O–H groups in total. The predicted molar refractivity (Wildman–Crippen MR) is 112 cm³/mol. The first kappa shape index (κ1) is 19.7. The summed E-state index contributed by atoms with van der Waals surface area (Å²) in [7, 11) is 0. The van der Waals surface area contributed by atoms with Crippen LogP contribution in [-0.4, -0.2) is 33.7 Å². The van der Waals surface area contributed by atoms with Gasteiger partial charge in [-0.25, -0.2) is 4.98 Å². The van der Waals surface area contributed by atoms with Crippen molar-refractivity contribution in [2.75, 3.05) is 17.2 Å². The second-order valence-electron chi connectivity index (χ2n) is 6.30. The fourth-order valence-electron chi connectivity index (χ4n) is 2.80. The Morgan fingerprint density at radius 2 is 1.93 bits per heavy atom. The van der Waals surface area contributed by atoms with Gasteiger partial charge in [0, 0.05) is 36.7 Å². The minimum Gasteiger partial charge on any atom is -0.370 e. The summed E-state index contributed by atoms with van der Waals surface area (Å²) in [5.74, 6) is -0.330. The summed E-state index contributed by atoms with van der Waals surface area (Å²) in [4.78, 5) is 30.0. The number of nitrogens with two attached hydrogens (primary N) is 1. The Hall–Kier alpha value is -3.06. The van der Waals surface area contributed by atoms with Crippen LogP contribution in [0.2, 0.25) is 0 Å². The fourth-order valence-corrected chi connectivity index (χ4v) is 3.65. The fraction of sp³-hybridized carbons (Fsp3) is 0.190. The van der Waals surface area contributed by atoms with E-state index in [4.69, 9.17) is 5.73 Å². The molecule has 0 bridgehead atoms. The molecule has 0 saturated carbocycles. The van der Waals surface area contributed by atoms with Crippen LogP contribution in [0.4, 0.5) is 5.69 Å². The molecule has 3 aromatic rings. The van der Waals surface area contributed by atoms with Crippen LogP contribution >= 0.6 is 11.8 Å². The quantitative estimate of drug-likeness (QED) is 0.595. The van der Waals surface area contributed by atoms with Crippen molar-refractivity contribution in [2.45, 2.75) is 18.5 Å². The Labute approximate surface area is 168 Å². The number of imidazole rings is 1. The Bertz CT molecular complexity index is 956. The van der Waals surface area contributed by atoms with E-state index in [9.17, 15) is 9.59 Å². The van der Waals surface area contributed by atoms with Gasteiger partial charge < -0.3 is 10.6 Å². The number of para-hydroxylation sites is 1. The molecule has 1 aromatic heterocycles. The SMILES string of the molecule is Cc1cccc(-n2ccnc2SCC(=O)N(CCC(N)=O)c2ccccc2)c1. The number of benzene rings is 2. The van der Waals surface area contributed by atoms with Gasteiger partial charge in [-0.3, -0.25) is 14.2 Å². The summed E-state index contributed by atoms with van der Waals surface area (Å²) in [5.41, 5.74) is 8.17. The van der Waals surface area contributed by atoms with E-state index in [1.165, 1.54) is 11.8 Å². The second-order valence-corrected chi connectivity index (χ2v) is 7.25. The van der Waals surface area contributed by atoms with E-state index in [1.54, 1.807) is 11.1 Å². The molecule has 2 amide bonds. The number of nitrogens with zero attached hydrogens (tertiary/aromatic N) is 3. The topological polar surface area (TPSA) is 81.2 Å². The van der Waals surface area contributed by atoms with Crippen LogP contribution in [0.15, 0.2) is 72.1 Å². The van der Waals surface area contributed by atoms with Gasteiger partial charge in [0.25, 0.3) is 0 Å². The van der Waals surface area contributed by atoms with Crippen molar-refractivity contribution in [1.82, 2.24) is 9.55 Å². The molecule has 6 nitrogen and oxygen atoms in total. The molecule has 0 aliphatic carbocycles. The third-order valence-corrected chi connectivity index (χ3v) is 5.11. The predicted octanol–water partition coefficient (Wildman–Crippen LogP) is 3.18. The first-order chi connectivity index (χ1) is 13.5. The second kappa shape index (κ2) is 9.23. The molecule has 0 aliphatic heterocycles. The van der Waals surface area contributed by atoms with Crippen LogP contribution in [0.3, 0.4) is 0 Å². The number of carbonyl (C=O) groups excluding carboxylic acids is 2. The zero-order valence-electron chi connectivity index (χ0n) is 15.6. The van der Waals surface area contributed by atoms with Crippen LogP contribution in [0.5, 0.6) is 0 Å². The molecule has 0 radical (unpaired) electrons. The maximum absolute atomic E-state index is 12.9. The standard InChI is InChI=1S/C21H22N4O2S/c1-16-6-5-9-18(14-16)25-13-11-23-21(25)28-15-20(27)24(12-10-19(22)26)17-7-3-2-4-8-17/h2-9,11,13-14H,10,12,15H2,1H3,(H2,22,26). The van der Waals surface area contributed by atoms with E-state index in [2.05, 4.69) is 11.1 Å². The van der Waals surface area contributed by atoms with Crippen LogP contribution in [0.1, 0.15) is 12.0 Å².